The minimum Gasteiger partial charge on any atom is -0.497 e. The van der Waals surface area contributed by atoms with Gasteiger partial charge in [-0.25, -0.2) is 9.69 Å². The Hall–Kier alpha value is -1.89. The molecular formula is C18H17Cl2N3O2S. The fourth-order valence-electron chi connectivity index (χ4n) is 2.38. The lowest BCUT2D eigenvalue weighted by Crippen LogP contribution is -2.38. The highest BCUT2D eigenvalue weighted by molar-refractivity contribution is 8.14. The fraction of sp³-hybridized carbons (Fsp3) is 0.222. The molecule has 0 saturated carbocycles. The second-order valence-corrected chi connectivity index (χ2v) is 7.47. The molecule has 1 unspecified atom stereocenters. The van der Waals surface area contributed by atoms with Crippen LogP contribution in [0.4, 0.5) is 16.2 Å². The van der Waals surface area contributed by atoms with Gasteiger partial charge in [-0.1, -0.05) is 35.0 Å². The Morgan fingerprint density at radius 2 is 1.96 bits per heavy atom. The van der Waals surface area contributed by atoms with E-state index < -0.39 is 0 Å². The Labute approximate surface area is 166 Å². The molecule has 1 N–H and O–H groups in total. The molecule has 0 fully saturated rings. The Kier molecular flexibility index (Phi) is 5.96. The topological polar surface area (TPSA) is 53.9 Å². The smallest absolute Gasteiger partial charge is 0.332 e. The number of urea groups is 1. The maximum Gasteiger partial charge on any atom is 0.332 e. The number of carbonyl (C=O) groups is 1. The number of aliphatic imine (C=N–C) groups is 1. The van der Waals surface area contributed by atoms with Crippen molar-refractivity contribution < 1.29 is 9.53 Å². The van der Waals surface area contributed by atoms with Crippen LogP contribution in [0.2, 0.25) is 10.0 Å². The molecule has 3 rings (SSSR count). The predicted octanol–water partition coefficient (Wildman–Crippen LogP) is 5.53. The second kappa shape index (κ2) is 8.20. The number of carbonyl (C=O) groups excluding carboxylic acids is 1. The van der Waals surface area contributed by atoms with Crippen molar-refractivity contribution in [1.82, 2.24) is 0 Å². The minimum atomic E-state index is -0.325. The zero-order valence-corrected chi connectivity index (χ0v) is 16.5. The summed E-state index contributed by atoms with van der Waals surface area (Å²) < 4.78 is 5.19. The number of benzene rings is 2. The molecule has 5 nitrogen and oxygen atoms in total. The van der Waals surface area contributed by atoms with Crippen LogP contribution in [-0.4, -0.2) is 30.1 Å². The lowest BCUT2D eigenvalue weighted by Gasteiger charge is -2.22. The van der Waals surface area contributed by atoms with Crippen molar-refractivity contribution >= 4 is 57.5 Å². The molecule has 2 aromatic carbocycles. The maximum absolute atomic E-state index is 13.0. The zero-order chi connectivity index (χ0) is 18.7. The third kappa shape index (κ3) is 4.26. The summed E-state index contributed by atoms with van der Waals surface area (Å²) in [6.07, 6.45) is 0. The lowest BCUT2D eigenvalue weighted by molar-refractivity contribution is 0.259. The molecule has 1 aliphatic rings. The number of methoxy groups -OCH3 is 1. The third-order valence-corrected chi connectivity index (χ3v) is 5.61. The van der Waals surface area contributed by atoms with Crippen LogP contribution in [0.25, 0.3) is 0 Å². The molecular weight excluding hydrogens is 393 g/mol. The van der Waals surface area contributed by atoms with Crippen molar-refractivity contribution in [2.75, 3.05) is 23.1 Å². The van der Waals surface area contributed by atoms with Gasteiger partial charge < -0.3 is 10.1 Å². The number of ether oxygens (including phenoxy) is 1. The van der Waals surface area contributed by atoms with Crippen molar-refractivity contribution in [1.29, 1.82) is 0 Å². The number of amides is 2. The van der Waals surface area contributed by atoms with Crippen LogP contribution in [0.15, 0.2) is 47.5 Å². The summed E-state index contributed by atoms with van der Waals surface area (Å²) in [5, 5.41) is 4.31. The normalized spacial score (nSPS) is 16.2. The molecule has 1 aliphatic heterocycles. The quantitative estimate of drug-likeness (QED) is 0.724. The summed E-state index contributed by atoms with van der Waals surface area (Å²) in [7, 11) is 1.60. The number of anilines is 2. The van der Waals surface area contributed by atoms with Crippen molar-refractivity contribution in [2.45, 2.75) is 13.0 Å². The number of rotatable bonds is 3. The minimum absolute atomic E-state index is 0.161. The highest BCUT2D eigenvalue weighted by atomic mass is 35.5. The van der Waals surface area contributed by atoms with Gasteiger partial charge in [0.2, 0.25) is 0 Å². The van der Waals surface area contributed by atoms with E-state index >= 15 is 0 Å². The first kappa shape index (κ1) is 18.9. The summed E-state index contributed by atoms with van der Waals surface area (Å²) in [6, 6.07) is 12.0. The first-order valence-corrected chi connectivity index (χ1v) is 9.63. The molecule has 0 saturated heterocycles. The molecule has 136 valence electrons. The van der Waals surface area contributed by atoms with Gasteiger partial charge in [0.25, 0.3) is 0 Å². The lowest BCUT2D eigenvalue weighted by atomic mass is 10.3. The molecule has 2 aromatic rings. The monoisotopic (exact) mass is 409 g/mol. The van der Waals surface area contributed by atoms with Gasteiger partial charge >= 0.3 is 6.03 Å². The molecule has 0 spiro atoms. The van der Waals surface area contributed by atoms with Crippen molar-refractivity contribution in [2.24, 2.45) is 4.99 Å². The Bertz CT molecular complexity index is 843. The largest absolute Gasteiger partial charge is 0.497 e. The van der Waals surface area contributed by atoms with Gasteiger partial charge in [0.05, 0.1) is 28.9 Å². The van der Waals surface area contributed by atoms with Gasteiger partial charge in [-0.15, -0.1) is 0 Å². The van der Waals surface area contributed by atoms with E-state index in [0.717, 1.165) is 5.75 Å². The van der Waals surface area contributed by atoms with Gasteiger partial charge in [0.15, 0.2) is 5.17 Å². The molecule has 0 bridgehead atoms. The number of thioether (sulfide) groups is 1. The van der Waals surface area contributed by atoms with E-state index in [0.29, 0.717) is 32.3 Å². The van der Waals surface area contributed by atoms with Gasteiger partial charge in [0.1, 0.15) is 5.75 Å². The summed E-state index contributed by atoms with van der Waals surface area (Å²) in [5.74, 6) is 1.55. The number of hydrogen-bond donors (Lipinski definition) is 1. The van der Waals surface area contributed by atoms with Crippen LogP contribution in [0.3, 0.4) is 0 Å². The number of hydrogen-bond acceptors (Lipinski definition) is 4. The molecule has 8 heteroatoms. The van der Waals surface area contributed by atoms with Crippen molar-refractivity contribution in [3.63, 3.8) is 0 Å². The summed E-state index contributed by atoms with van der Waals surface area (Å²) >= 11 is 13.5. The molecule has 26 heavy (non-hydrogen) atoms. The Morgan fingerprint density at radius 3 is 2.54 bits per heavy atom. The van der Waals surface area contributed by atoms with Gasteiger partial charge in [0, 0.05) is 11.4 Å². The van der Waals surface area contributed by atoms with Crippen LogP contribution < -0.4 is 15.0 Å². The van der Waals surface area contributed by atoms with E-state index in [4.69, 9.17) is 27.9 Å². The van der Waals surface area contributed by atoms with E-state index in [9.17, 15) is 4.79 Å². The summed E-state index contributed by atoms with van der Waals surface area (Å²) in [6.45, 7) is 2.02. The van der Waals surface area contributed by atoms with Gasteiger partial charge in [-0.3, -0.25) is 4.99 Å². The van der Waals surface area contributed by atoms with E-state index in [1.54, 1.807) is 54.1 Å². The van der Waals surface area contributed by atoms with Gasteiger partial charge in [-0.2, -0.15) is 0 Å². The second-order valence-electron chi connectivity index (χ2n) is 5.66. The molecule has 2 amide bonds. The van der Waals surface area contributed by atoms with Crippen molar-refractivity contribution in [3.8, 4) is 5.75 Å². The van der Waals surface area contributed by atoms with Crippen LogP contribution in [-0.2, 0) is 0 Å². The SMILES string of the molecule is COc1ccc(N(C(=O)Nc2ccc(Cl)c(Cl)c2)C2=NC(C)CS2)cc1. The number of amidine groups is 1. The predicted molar refractivity (Wildman–Crippen MR) is 110 cm³/mol. The Morgan fingerprint density at radius 1 is 1.23 bits per heavy atom. The molecule has 1 atom stereocenters. The number of nitrogens with one attached hydrogen (secondary N) is 1. The highest BCUT2D eigenvalue weighted by Crippen LogP contribution is 2.29. The third-order valence-electron chi connectivity index (χ3n) is 3.68. The fourth-order valence-corrected chi connectivity index (χ4v) is 3.71. The molecule has 0 radical (unpaired) electrons. The van der Waals surface area contributed by atoms with E-state index in [2.05, 4.69) is 10.3 Å². The first-order chi connectivity index (χ1) is 12.5. The number of nitrogens with zero attached hydrogens (tertiary/aromatic N) is 2. The number of halogens is 2. The van der Waals surface area contributed by atoms with Crippen LogP contribution in [0, 0.1) is 0 Å². The molecule has 0 aliphatic carbocycles. The standard InChI is InChI=1S/C18H17Cl2N3O2S/c1-11-10-26-18(21-11)23(13-4-6-14(25-2)7-5-13)17(24)22-12-3-8-15(19)16(20)9-12/h3-9,11H,10H2,1-2H3,(H,22,24). The van der Waals surface area contributed by atoms with Crippen LogP contribution in [0.5, 0.6) is 5.75 Å². The Balaban J connectivity index is 1.90. The average molecular weight is 410 g/mol. The van der Waals surface area contributed by atoms with Crippen LogP contribution >= 0.6 is 35.0 Å². The van der Waals surface area contributed by atoms with Crippen molar-refractivity contribution in [3.05, 3.63) is 52.5 Å². The van der Waals surface area contributed by atoms with E-state index in [1.165, 1.54) is 0 Å². The van der Waals surface area contributed by atoms with E-state index in [1.807, 2.05) is 19.1 Å². The van der Waals surface area contributed by atoms with E-state index in [-0.39, 0.29) is 12.1 Å². The molecule has 0 aromatic heterocycles. The highest BCUT2D eigenvalue weighted by Gasteiger charge is 2.27. The average Bonchev–Trinajstić information content (AvgIpc) is 3.05. The maximum atomic E-state index is 13.0. The van der Waals surface area contributed by atoms with Gasteiger partial charge in [-0.05, 0) is 49.4 Å². The molecule has 1 heterocycles. The van der Waals surface area contributed by atoms with Crippen LogP contribution in [0.1, 0.15) is 6.92 Å². The first-order valence-electron chi connectivity index (χ1n) is 7.88. The zero-order valence-electron chi connectivity index (χ0n) is 14.2. The summed E-state index contributed by atoms with van der Waals surface area (Å²) in [4.78, 5) is 19.1. The summed E-state index contributed by atoms with van der Waals surface area (Å²) in [5.41, 5.74) is 1.25.